The number of benzene rings is 1. The Hall–Kier alpha value is -2.91. The highest BCUT2D eigenvalue weighted by molar-refractivity contribution is 5.91. The number of aliphatic carboxylic acids is 1. The van der Waals surface area contributed by atoms with E-state index in [9.17, 15) is 20.0 Å². The van der Waals surface area contributed by atoms with Crippen molar-refractivity contribution < 1.29 is 19.6 Å². The fourth-order valence-corrected chi connectivity index (χ4v) is 5.63. The van der Waals surface area contributed by atoms with Crippen molar-refractivity contribution in [1.82, 2.24) is 15.3 Å². The highest BCUT2D eigenvalue weighted by atomic mass is 16.6. The Balaban J connectivity index is 1.92. The fourth-order valence-electron chi connectivity index (χ4n) is 5.63. The van der Waals surface area contributed by atoms with Gasteiger partial charge in [0.15, 0.2) is 0 Å². The largest absolute Gasteiger partial charge is 0.478 e. The van der Waals surface area contributed by atoms with Gasteiger partial charge in [-0.1, -0.05) is 31.0 Å². The van der Waals surface area contributed by atoms with Crippen molar-refractivity contribution >= 4 is 11.7 Å². The molecule has 0 amide bonds. The number of nitro groups is 1. The van der Waals surface area contributed by atoms with Crippen molar-refractivity contribution in [1.29, 1.82) is 0 Å². The molecule has 2 N–H and O–H groups in total. The number of nitrogens with zero attached hydrogens (tertiary/aromatic N) is 3. The van der Waals surface area contributed by atoms with Crippen molar-refractivity contribution in [3.63, 3.8) is 0 Å². The molecule has 9 heteroatoms. The summed E-state index contributed by atoms with van der Waals surface area (Å²) in [6.07, 6.45) is 4.37. The van der Waals surface area contributed by atoms with E-state index in [4.69, 9.17) is 4.74 Å². The average Bonchev–Trinajstić information content (AvgIpc) is 3.38. The maximum atomic E-state index is 12.4. The summed E-state index contributed by atoms with van der Waals surface area (Å²) in [4.78, 5) is 23.9. The lowest BCUT2D eigenvalue weighted by Gasteiger charge is -2.36. The lowest BCUT2D eigenvalue weighted by Crippen LogP contribution is -2.46. The summed E-state index contributed by atoms with van der Waals surface area (Å²) in [6, 6.07) is 6.46. The lowest BCUT2D eigenvalue weighted by atomic mass is 9.75. The van der Waals surface area contributed by atoms with Crippen LogP contribution in [0.4, 0.5) is 5.69 Å². The molecule has 0 bridgehead atoms. The molecule has 0 spiro atoms. The van der Waals surface area contributed by atoms with Crippen LogP contribution in [0.15, 0.2) is 46.9 Å². The number of hydrogen-bond donors (Lipinski definition) is 2. The van der Waals surface area contributed by atoms with E-state index >= 15 is 0 Å². The zero-order valence-electron chi connectivity index (χ0n) is 18.7. The third-order valence-electron chi connectivity index (χ3n) is 6.98. The summed E-state index contributed by atoms with van der Waals surface area (Å²) >= 11 is 0. The first kappa shape index (κ1) is 22.3. The van der Waals surface area contributed by atoms with E-state index in [1.807, 2.05) is 12.1 Å². The number of carboxylic acid groups (broad SMARTS) is 1. The Labute approximate surface area is 187 Å². The van der Waals surface area contributed by atoms with Gasteiger partial charge in [0.1, 0.15) is 5.82 Å². The number of nitrogens with one attached hydrogen (secondary N) is 1. The van der Waals surface area contributed by atoms with Crippen LogP contribution in [0.1, 0.15) is 44.1 Å². The zero-order valence-corrected chi connectivity index (χ0v) is 18.7. The minimum Gasteiger partial charge on any atom is -0.478 e. The van der Waals surface area contributed by atoms with Crippen LogP contribution in [0.25, 0.3) is 0 Å². The molecule has 2 heterocycles. The molecule has 32 heavy (non-hydrogen) atoms. The Morgan fingerprint density at radius 3 is 2.62 bits per heavy atom. The van der Waals surface area contributed by atoms with Crippen LogP contribution < -0.4 is 5.32 Å². The average molecular weight is 443 g/mol. The Morgan fingerprint density at radius 1 is 1.31 bits per heavy atom. The predicted octanol–water partition coefficient (Wildman–Crippen LogP) is 3.22. The van der Waals surface area contributed by atoms with Gasteiger partial charge in [0.25, 0.3) is 5.69 Å². The van der Waals surface area contributed by atoms with Gasteiger partial charge in [-0.3, -0.25) is 15.1 Å². The van der Waals surface area contributed by atoms with Crippen LogP contribution in [0.5, 0.6) is 0 Å². The highest BCUT2D eigenvalue weighted by Crippen LogP contribution is 2.50. The van der Waals surface area contributed by atoms with Crippen molar-refractivity contribution in [2.24, 2.45) is 5.92 Å². The van der Waals surface area contributed by atoms with Crippen LogP contribution in [0.3, 0.4) is 0 Å². The Kier molecular flexibility index (Phi) is 6.21. The predicted molar refractivity (Wildman–Crippen MR) is 118 cm³/mol. The standard InChI is InChI=1S/C23H30N4O5/c1-14-18(23(28)29)19(16-10-6-7-11-17(16)27(30)31)20-21(15-8-4-5-9-15)26(12-13-32-3)25(2)22(20)24-14/h6-7,10-11,15,19,21,24H,4-5,8-9,12-13H2,1-3H3,(H,28,29). The molecule has 3 aliphatic rings. The number of methoxy groups -OCH3 is 1. The molecule has 0 saturated heterocycles. The minimum absolute atomic E-state index is 0.0487. The van der Waals surface area contributed by atoms with Gasteiger partial charge < -0.3 is 15.2 Å². The van der Waals surface area contributed by atoms with Crippen LogP contribution in [0.2, 0.25) is 0 Å². The fraction of sp³-hybridized carbons (Fsp3) is 0.522. The first-order chi connectivity index (χ1) is 15.4. The van der Waals surface area contributed by atoms with Crippen LogP contribution >= 0.6 is 0 Å². The van der Waals surface area contributed by atoms with Gasteiger partial charge in [0.2, 0.25) is 0 Å². The molecule has 1 aromatic carbocycles. The van der Waals surface area contributed by atoms with E-state index in [0.717, 1.165) is 37.1 Å². The molecule has 1 saturated carbocycles. The normalized spacial score (nSPS) is 24.2. The number of nitro benzene ring substituents is 1. The summed E-state index contributed by atoms with van der Waals surface area (Å²) in [7, 11) is 3.62. The van der Waals surface area contributed by atoms with Gasteiger partial charge in [0.05, 0.1) is 29.1 Å². The van der Waals surface area contributed by atoms with E-state index in [0.29, 0.717) is 30.3 Å². The van der Waals surface area contributed by atoms with E-state index in [1.165, 1.54) is 6.07 Å². The molecule has 0 aromatic heterocycles. The molecular formula is C23H30N4O5. The summed E-state index contributed by atoms with van der Waals surface area (Å²) in [6.45, 7) is 2.90. The molecule has 172 valence electrons. The Bertz CT molecular complexity index is 982. The number of para-hydroxylation sites is 1. The van der Waals surface area contributed by atoms with E-state index in [-0.39, 0.29) is 17.3 Å². The molecule has 9 nitrogen and oxygen atoms in total. The lowest BCUT2D eigenvalue weighted by molar-refractivity contribution is -0.385. The first-order valence-electron chi connectivity index (χ1n) is 11.0. The van der Waals surface area contributed by atoms with Gasteiger partial charge in [-0.05, 0) is 25.7 Å². The zero-order chi connectivity index (χ0) is 23.0. The number of rotatable bonds is 7. The molecule has 2 unspecified atom stereocenters. The number of ether oxygens (including phenoxy) is 1. The van der Waals surface area contributed by atoms with Crippen molar-refractivity contribution in [3.8, 4) is 0 Å². The second-order valence-corrected chi connectivity index (χ2v) is 8.69. The number of carbonyl (C=O) groups is 1. The molecule has 0 radical (unpaired) electrons. The Morgan fingerprint density at radius 2 is 2.00 bits per heavy atom. The van der Waals surface area contributed by atoms with Crippen molar-refractivity contribution in [2.75, 3.05) is 27.3 Å². The van der Waals surface area contributed by atoms with Crippen molar-refractivity contribution in [3.05, 3.63) is 62.6 Å². The summed E-state index contributed by atoms with van der Waals surface area (Å²) in [5.41, 5.74) is 1.95. The third-order valence-corrected chi connectivity index (χ3v) is 6.98. The van der Waals surface area contributed by atoms with Gasteiger partial charge in [-0.2, -0.15) is 0 Å². The molecular weight excluding hydrogens is 412 g/mol. The van der Waals surface area contributed by atoms with Crippen LogP contribution in [0, 0.1) is 16.0 Å². The molecule has 4 rings (SSSR count). The van der Waals surface area contributed by atoms with Gasteiger partial charge >= 0.3 is 5.97 Å². The van der Waals surface area contributed by atoms with E-state index in [1.54, 1.807) is 32.2 Å². The maximum Gasteiger partial charge on any atom is 0.334 e. The van der Waals surface area contributed by atoms with E-state index < -0.39 is 16.8 Å². The smallest absolute Gasteiger partial charge is 0.334 e. The number of hydrogen-bond acceptors (Lipinski definition) is 7. The number of allylic oxidation sites excluding steroid dienone is 1. The second kappa shape index (κ2) is 8.91. The summed E-state index contributed by atoms with van der Waals surface area (Å²) < 4.78 is 5.36. The molecule has 2 atom stereocenters. The maximum absolute atomic E-state index is 12.4. The quantitative estimate of drug-likeness (QED) is 0.490. The number of carboxylic acids is 1. The van der Waals surface area contributed by atoms with Gasteiger partial charge in [0, 0.05) is 43.6 Å². The minimum atomic E-state index is -1.06. The van der Waals surface area contributed by atoms with Crippen molar-refractivity contribution in [2.45, 2.75) is 44.6 Å². The molecule has 2 aliphatic heterocycles. The summed E-state index contributed by atoms with van der Waals surface area (Å²) in [5, 5.41) is 29.7. The van der Waals surface area contributed by atoms with Gasteiger partial charge in [-0.25, -0.2) is 9.80 Å². The highest BCUT2D eigenvalue weighted by Gasteiger charge is 2.50. The topological polar surface area (TPSA) is 108 Å². The molecule has 1 aromatic rings. The second-order valence-electron chi connectivity index (χ2n) is 8.69. The van der Waals surface area contributed by atoms with Crippen LogP contribution in [-0.4, -0.2) is 59.4 Å². The van der Waals surface area contributed by atoms with Crippen LogP contribution in [-0.2, 0) is 9.53 Å². The third kappa shape index (κ3) is 3.65. The monoisotopic (exact) mass is 442 g/mol. The summed E-state index contributed by atoms with van der Waals surface area (Å²) in [5.74, 6) is -0.593. The number of hydrazine groups is 1. The molecule has 1 fully saturated rings. The molecule has 1 aliphatic carbocycles. The SMILES string of the molecule is COCCN1C(C2CCCC2)C2=C(NC(C)=C(C(=O)O)C2c2ccccc2[N+](=O)[O-])N1C. The van der Waals surface area contributed by atoms with Gasteiger partial charge in [-0.15, -0.1) is 0 Å². The van der Waals surface area contributed by atoms with E-state index in [2.05, 4.69) is 10.3 Å². The number of dihydropyridines is 1. The first-order valence-corrected chi connectivity index (χ1v) is 11.0.